The van der Waals surface area contributed by atoms with Gasteiger partial charge in [0.2, 0.25) is 5.82 Å². The maximum Gasteiger partial charge on any atom is 0.268 e. The SMILES string of the molecule is CCc1cc(-c2noc(-c3cc(C)c(CN(CC)CC)s3)n2)cc(C)c1OCC(O)CNCCN. The standard InChI is InChI=1S/C26H39N5O3S/c1-6-19-13-20(11-18(5)24(19)33-16-21(32)14-28-10-9-27)25-29-26(34-30-25)22-12-17(4)23(35-22)15-31(7-2)8-3/h11-13,21,28,32H,6-10,14-16,27H2,1-5H3. The third kappa shape index (κ3) is 7.11. The van der Waals surface area contributed by atoms with Gasteiger partial charge in [-0.05, 0) is 68.2 Å². The predicted octanol–water partition coefficient (Wildman–Crippen LogP) is 3.77. The predicted molar refractivity (Wildman–Crippen MR) is 142 cm³/mol. The lowest BCUT2D eigenvalue weighted by molar-refractivity contribution is 0.106. The van der Waals surface area contributed by atoms with Crippen molar-refractivity contribution in [1.29, 1.82) is 0 Å². The van der Waals surface area contributed by atoms with Gasteiger partial charge in [0.1, 0.15) is 18.5 Å². The van der Waals surface area contributed by atoms with E-state index in [-0.39, 0.29) is 6.61 Å². The van der Waals surface area contributed by atoms with Gasteiger partial charge in [0, 0.05) is 36.6 Å². The first kappa shape index (κ1) is 27.3. The third-order valence-electron chi connectivity index (χ3n) is 6.03. The van der Waals surface area contributed by atoms with Crippen LogP contribution in [0.3, 0.4) is 0 Å². The quantitative estimate of drug-likeness (QED) is 0.286. The molecule has 2 heterocycles. The Bertz CT molecular complexity index is 1080. The highest BCUT2D eigenvalue weighted by Gasteiger charge is 2.18. The lowest BCUT2D eigenvalue weighted by Crippen LogP contribution is -2.34. The van der Waals surface area contributed by atoms with Crippen LogP contribution in [-0.4, -0.2) is 65.6 Å². The molecule has 0 amide bonds. The van der Waals surface area contributed by atoms with Crippen molar-refractivity contribution >= 4 is 11.3 Å². The van der Waals surface area contributed by atoms with Crippen LogP contribution < -0.4 is 15.8 Å². The lowest BCUT2D eigenvalue weighted by atomic mass is 10.0. The Morgan fingerprint density at radius 2 is 1.94 bits per heavy atom. The Labute approximate surface area is 212 Å². The van der Waals surface area contributed by atoms with Gasteiger partial charge in [0.25, 0.3) is 5.89 Å². The van der Waals surface area contributed by atoms with Gasteiger partial charge in [-0.25, -0.2) is 0 Å². The number of nitrogens with two attached hydrogens (primary N) is 1. The molecule has 0 spiro atoms. The third-order valence-corrected chi connectivity index (χ3v) is 7.24. The topological polar surface area (TPSA) is 110 Å². The van der Waals surface area contributed by atoms with Crippen molar-refractivity contribution in [1.82, 2.24) is 20.4 Å². The molecule has 0 aliphatic rings. The number of nitrogens with one attached hydrogen (secondary N) is 1. The zero-order valence-electron chi connectivity index (χ0n) is 21.6. The molecule has 3 rings (SSSR count). The average molecular weight is 502 g/mol. The number of aliphatic hydroxyl groups is 1. The number of aryl methyl sites for hydroxylation is 3. The number of hydrogen-bond donors (Lipinski definition) is 3. The molecule has 3 aromatic rings. The van der Waals surface area contributed by atoms with Gasteiger partial charge in [-0.3, -0.25) is 4.90 Å². The van der Waals surface area contributed by atoms with E-state index in [2.05, 4.69) is 49.1 Å². The average Bonchev–Trinajstić information content (AvgIpc) is 3.48. The number of aromatic nitrogens is 2. The summed E-state index contributed by atoms with van der Waals surface area (Å²) < 4.78 is 11.7. The van der Waals surface area contributed by atoms with Crippen LogP contribution in [-0.2, 0) is 13.0 Å². The van der Waals surface area contributed by atoms with Gasteiger partial charge in [-0.15, -0.1) is 11.3 Å². The maximum absolute atomic E-state index is 10.2. The van der Waals surface area contributed by atoms with Crippen molar-refractivity contribution < 1.29 is 14.4 Å². The normalized spacial score (nSPS) is 12.5. The maximum atomic E-state index is 10.2. The molecule has 0 aliphatic carbocycles. The van der Waals surface area contributed by atoms with Gasteiger partial charge in [0.15, 0.2) is 0 Å². The summed E-state index contributed by atoms with van der Waals surface area (Å²) in [5.74, 6) is 1.91. The molecule has 0 aliphatic heterocycles. The van der Waals surface area contributed by atoms with E-state index in [0.29, 0.717) is 31.3 Å². The number of aliphatic hydroxyl groups excluding tert-OH is 1. The van der Waals surface area contributed by atoms with Crippen LogP contribution in [0.25, 0.3) is 22.2 Å². The zero-order chi connectivity index (χ0) is 25.4. The first-order chi connectivity index (χ1) is 16.9. The summed E-state index contributed by atoms with van der Waals surface area (Å²) in [6, 6.07) is 6.18. The van der Waals surface area contributed by atoms with Gasteiger partial charge in [0.05, 0.1) is 4.88 Å². The Morgan fingerprint density at radius 3 is 2.63 bits per heavy atom. The van der Waals surface area contributed by atoms with Crippen LogP contribution in [0.15, 0.2) is 22.7 Å². The highest BCUT2D eigenvalue weighted by molar-refractivity contribution is 7.15. The van der Waals surface area contributed by atoms with E-state index in [1.54, 1.807) is 11.3 Å². The zero-order valence-corrected chi connectivity index (χ0v) is 22.4. The molecule has 35 heavy (non-hydrogen) atoms. The summed E-state index contributed by atoms with van der Waals surface area (Å²) in [5.41, 5.74) is 9.64. The minimum Gasteiger partial charge on any atom is -0.490 e. The Balaban J connectivity index is 1.76. The molecule has 1 atom stereocenters. The molecule has 0 radical (unpaired) electrons. The molecule has 0 bridgehead atoms. The van der Waals surface area contributed by atoms with Crippen LogP contribution in [0.4, 0.5) is 0 Å². The molecule has 1 unspecified atom stereocenters. The van der Waals surface area contributed by atoms with E-state index >= 15 is 0 Å². The second kappa shape index (κ2) is 13.1. The largest absolute Gasteiger partial charge is 0.490 e. The number of thiophene rings is 1. The fourth-order valence-corrected chi connectivity index (χ4v) is 5.07. The smallest absolute Gasteiger partial charge is 0.268 e. The molecule has 4 N–H and O–H groups in total. The highest BCUT2D eigenvalue weighted by atomic mass is 32.1. The first-order valence-corrected chi connectivity index (χ1v) is 13.2. The fourth-order valence-electron chi connectivity index (χ4n) is 3.93. The number of rotatable bonds is 14. The summed E-state index contributed by atoms with van der Waals surface area (Å²) in [4.78, 5) is 9.43. The van der Waals surface area contributed by atoms with Gasteiger partial charge in [-0.1, -0.05) is 25.9 Å². The first-order valence-electron chi connectivity index (χ1n) is 12.4. The summed E-state index contributed by atoms with van der Waals surface area (Å²) in [5, 5.41) is 17.5. The molecule has 9 heteroatoms. The Kier molecular flexibility index (Phi) is 10.2. The minimum atomic E-state index is -0.606. The van der Waals surface area contributed by atoms with E-state index in [1.165, 1.54) is 10.4 Å². The summed E-state index contributed by atoms with van der Waals surface area (Å²) >= 11 is 1.72. The van der Waals surface area contributed by atoms with E-state index in [9.17, 15) is 5.11 Å². The molecule has 0 saturated carbocycles. The van der Waals surface area contributed by atoms with Crippen molar-refractivity contribution in [2.75, 3.05) is 39.3 Å². The van der Waals surface area contributed by atoms with Crippen molar-refractivity contribution in [3.63, 3.8) is 0 Å². The van der Waals surface area contributed by atoms with Crippen LogP contribution in [0, 0.1) is 13.8 Å². The van der Waals surface area contributed by atoms with Gasteiger partial charge >= 0.3 is 0 Å². The van der Waals surface area contributed by atoms with Crippen molar-refractivity contribution in [3.05, 3.63) is 39.8 Å². The molecular formula is C26H39N5O3S. The van der Waals surface area contributed by atoms with Crippen LogP contribution >= 0.6 is 11.3 Å². The van der Waals surface area contributed by atoms with Gasteiger partial charge < -0.3 is 25.4 Å². The molecule has 8 nitrogen and oxygen atoms in total. The highest BCUT2D eigenvalue weighted by Crippen LogP contribution is 2.34. The second-order valence-corrected chi connectivity index (χ2v) is 9.83. The van der Waals surface area contributed by atoms with Crippen LogP contribution in [0.2, 0.25) is 0 Å². The minimum absolute atomic E-state index is 0.213. The monoisotopic (exact) mass is 501 g/mol. The fraction of sp³-hybridized carbons (Fsp3) is 0.538. The summed E-state index contributed by atoms with van der Waals surface area (Å²) in [6.45, 7) is 15.4. The van der Waals surface area contributed by atoms with E-state index < -0.39 is 6.10 Å². The summed E-state index contributed by atoms with van der Waals surface area (Å²) in [7, 11) is 0. The molecule has 0 saturated heterocycles. The van der Waals surface area contributed by atoms with E-state index in [4.69, 9.17) is 20.0 Å². The molecular weight excluding hydrogens is 462 g/mol. The summed E-state index contributed by atoms with van der Waals surface area (Å²) in [6.07, 6.45) is 0.181. The Hall–Kier alpha value is -2.30. The number of benzene rings is 1. The molecule has 2 aromatic heterocycles. The number of ether oxygens (including phenoxy) is 1. The van der Waals surface area contributed by atoms with Crippen molar-refractivity contribution in [2.45, 2.75) is 53.7 Å². The Morgan fingerprint density at radius 1 is 1.17 bits per heavy atom. The van der Waals surface area contributed by atoms with Gasteiger partial charge in [-0.2, -0.15) is 4.98 Å². The lowest BCUT2D eigenvalue weighted by Gasteiger charge is -2.17. The van der Waals surface area contributed by atoms with Crippen LogP contribution in [0.5, 0.6) is 5.75 Å². The van der Waals surface area contributed by atoms with Crippen molar-refractivity contribution in [2.24, 2.45) is 5.73 Å². The van der Waals surface area contributed by atoms with Crippen molar-refractivity contribution in [3.8, 4) is 27.9 Å². The molecule has 192 valence electrons. The van der Waals surface area contributed by atoms with Crippen LogP contribution in [0.1, 0.15) is 42.3 Å². The second-order valence-electron chi connectivity index (χ2n) is 8.69. The number of hydrogen-bond acceptors (Lipinski definition) is 9. The molecule has 1 aromatic carbocycles. The number of nitrogens with zero attached hydrogens (tertiary/aromatic N) is 3. The van der Waals surface area contributed by atoms with E-state index in [1.807, 2.05) is 19.1 Å². The molecule has 0 fully saturated rings. The van der Waals surface area contributed by atoms with E-state index in [0.717, 1.165) is 53.4 Å².